The van der Waals surface area contributed by atoms with Gasteiger partial charge in [0.1, 0.15) is 22.0 Å². The van der Waals surface area contributed by atoms with Crippen molar-refractivity contribution in [2.24, 2.45) is 5.10 Å². The van der Waals surface area contributed by atoms with Gasteiger partial charge in [-0.3, -0.25) is 0 Å². The number of aromatic nitrogens is 3. The highest BCUT2D eigenvalue weighted by molar-refractivity contribution is 7.92. The molecule has 3 aromatic carbocycles. The Morgan fingerprint density at radius 3 is 2.31 bits per heavy atom. The summed E-state index contributed by atoms with van der Waals surface area (Å²) in [6, 6.07) is 21.7. The summed E-state index contributed by atoms with van der Waals surface area (Å²) in [5, 5.41) is 14.1. The molecule has 2 heterocycles. The molecule has 3 N–H and O–H groups in total. The minimum atomic E-state index is -4.00. The van der Waals surface area contributed by atoms with Crippen LogP contribution >= 0.6 is 0 Å². The number of fused-ring (bicyclic) bond motifs is 2. The van der Waals surface area contributed by atoms with Crippen LogP contribution in [0, 0.1) is 0 Å². The molecule has 0 unspecified atom stereocenters. The van der Waals surface area contributed by atoms with E-state index in [0.29, 0.717) is 16.6 Å². The Balaban J connectivity index is 1.81. The smallest absolute Gasteiger partial charge is 0.212 e. The number of nitrogens with zero attached hydrogens (tertiary/aromatic N) is 4. The molecule has 5 aromatic rings. The van der Waals surface area contributed by atoms with Crippen molar-refractivity contribution in [2.45, 2.75) is 9.79 Å². The van der Waals surface area contributed by atoms with Crippen molar-refractivity contribution in [2.75, 3.05) is 5.73 Å². The lowest BCUT2D eigenvalue weighted by molar-refractivity contribution is 0.475. The average molecular weight is 443 g/mol. The molecular weight excluding hydrogens is 426 g/mol. The van der Waals surface area contributed by atoms with Crippen LogP contribution in [0.5, 0.6) is 5.75 Å². The fourth-order valence-corrected chi connectivity index (χ4v) is 4.96. The molecule has 0 bridgehead atoms. The van der Waals surface area contributed by atoms with Gasteiger partial charge in [-0.25, -0.2) is 18.4 Å². The number of hydrogen-bond donors (Lipinski definition) is 2. The second-order valence-electron chi connectivity index (χ2n) is 7.07. The number of nitrogens with two attached hydrogens (primary N) is 1. The predicted octanol–water partition coefficient (Wildman–Crippen LogP) is 3.59. The van der Waals surface area contributed by atoms with Crippen molar-refractivity contribution < 1.29 is 13.5 Å². The van der Waals surface area contributed by atoms with Crippen LogP contribution in [0.4, 0.5) is 5.82 Å². The molecule has 0 saturated carbocycles. The van der Waals surface area contributed by atoms with Crippen LogP contribution in [0.1, 0.15) is 5.56 Å². The normalized spacial score (nSPS) is 12.1. The number of aromatic hydroxyl groups is 1. The lowest BCUT2D eigenvalue weighted by Gasteiger charge is -2.04. The van der Waals surface area contributed by atoms with E-state index in [9.17, 15) is 13.5 Å². The number of rotatable bonds is 4. The lowest BCUT2D eigenvalue weighted by Crippen LogP contribution is -2.06. The van der Waals surface area contributed by atoms with Crippen LogP contribution in [0.15, 0.2) is 93.8 Å². The highest BCUT2D eigenvalue weighted by Gasteiger charge is 2.30. The Hall–Kier alpha value is -4.24. The van der Waals surface area contributed by atoms with E-state index in [-0.39, 0.29) is 32.5 Å². The van der Waals surface area contributed by atoms with Gasteiger partial charge in [0.2, 0.25) is 9.84 Å². The number of para-hydroxylation sites is 2. The van der Waals surface area contributed by atoms with Crippen LogP contribution in [0.2, 0.25) is 0 Å². The third-order valence-corrected chi connectivity index (χ3v) is 6.78. The molecular formula is C23H17N5O3S. The van der Waals surface area contributed by atoms with E-state index in [2.05, 4.69) is 15.1 Å². The summed E-state index contributed by atoms with van der Waals surface area (Å²) in [4.78, 5) is 9.10. The van der Waals surface area contributed by atoms with Gasteiger partial charge in [0.15, 0.2) is 5.65 Å². The van der Waals surface area contributed by atoms with Gasteiger partial charge in [0.05, 0.1) is 22.1 Å². The number of phenols is 1. The number of anilines is 1. The van der Waals surface area contributed by atoms with Crippen molar-refractivity contribution >= 4 is 44.1 Å². The Bertz CT molecular complexity index is 1610. The van der Waals surface area contributed by atoms with Crippen molar-refractivity contribution in [3.63, 3.8) is 0 Å². The molecule has 5 rings (SSSR count). The standard InChI is InChI=1S/C23H17N5O3S/c24-22-21(32(30,31)17-9-2-1-3-10-17)20-23(27-19-12-5-4-11-18(19)26-20)28(22)25-14-15-7-6-8-16(29)13-15/h1-14,29H,24H2/b25-14-. The van der Waals surface area contributed by atoms with Gasteiger partial charge in [-0.1, -0.05) is 42.5 Å². The van der Waals surface area contributed by atoms with Gasteiger partial charge in [0, 0.05) is 0 Å². The lowest BCUT2D eigenvalue weighted by atomic mass is 10.2. The second-order valence-corrected chi connectivity index (χ2v) is 8.95. The molecule has 0 aliphatic heterocycles. The number of benzene rings is 3. The molecule has 0 amide bonds. The number of sulfone groups is 1. The highest BCUT2D eigenvalue weighted by Crippen LogP contribution is 2.35. The van der Waals surface area contributed by atoms with E-state index in [1.54, 1.807) is 54.6 Å². The summed E-state index contributed by atoms with van der Waals surface area (Å²) in [5.41, 5.74) is 8.41. The van der Waals surface area contributed by atoms with Crippen LogP contribution in [-0.4, -0.2) is 34.4 Å². The third kappa shape index (κ3) is 3.25. The van der Waals surface area contributed by atoms with Crippen molar-refractivity contribution in [1.82, 2.24) is 14.6 Å². The summed E-state index contributed by atoms with van der Waals surface area (Å²) < 4.78 is 28.2. The van der Waals surface area contributed by atoms with Crippen molar-refractivity contribution in [3.05, 3.63) is 84.4 Å². The topological polar surface area (TPSA) is 123 Å². The maximum Gasteiger partial charge on any atom is 0.212 e. The molecule has 0 saturated heterocycles. The van der Waals surface area contributed by atoms with E-state index in [1.165, 1.54) is 29.1 Å². The quantitative estimate of drug-likeness (QED) is 0.409. The zero-order valence-electron chi connectivity index (χ0n) is 16.6. The van der Waals surface area contributed by atoms with Gasteiger partial charge >= 0.3 is 0 Å². The fraction of sp³-hybridized carbons (Fsp3) is 0. The van der Waals surface area contributed by atoms with Gasteiger partial charge in [-0.15, -0.1) is 0 Å². The maximum absolute atomic E-state index is 13.5. The van der Waals surface area contributed by atoms with Crippen LogP contribution < -0.4 is 5.73 Å². The first-order valence-corrected chi connectivity index (χ1v) is 11.1. The molecule has 0 aliphatic carbocycles. The summed E-state index contributed by atoms with van der Waals surface area (Å²) in [5.74, 6) is -0.0204. The highest BCUT2D eigenvalue weighted by atomic mass is 32.2. The molecule has 0 aliphatic rings. The van der Waals surface area contributed by atoms with Crippen molar-refractivity contribution in [1.29, 1.82) is 0 Å². The molecule has 8 nitrogen and oxygen atoms in total. The van der Waals surface area contributed by atoms with E-state index in [4.69, 9.17) is 5.73 Å². The molecule has 158 valence electrons. The van der Waals surface area contributed by atoms with Gasteiger partial charge < -0.3 is 10.8 Å². The Kier molecular flexibility index (Phi) is 4.60. The minimum absolute atomic E-state index is 0.0809. The molecule has 9 heteroatoms. The summed E-state index contributed by atoms with van der Waals surface area (Å²) in [6.45, 7) is 0. The Labute approximate surface area is 183 Å². The van der Waals surface area contributed by atoms with E-state index < -0.39 is 9.84 Å². The molecule has 0 fully saturated rings. The van der Waals surface area contributed by atoms with Gasteiger partial charge in [0.25, 0.3) is 0 Å². The molecule has 0 atom stereocenters. The number of nitrogen functional groups attached to an aromatic ring is 1. The predicted molar refractivity (Wildman–Crippen MR) is 122 cm³/mol. The third-order valence-electron chi connectivity index (χ3n) is 4.94. The zero-order valence-corrected chi connectivity index (χ0v) is 17.4. The molecule has 32 heavy (non-hydrogen) atoms. The first-order valence-electron chi connectivity index (χ1n) is 9.65. The van der Waals surface area contributed by atoms with E-state index >= 15 is 0 Å². The fourth-order valence-electron chi connectivity index (χ4n) is 3.45. The van der Waals surface area contributed by atoms with E-state index in [0.717, 1.165) is 0 Å². The van der Waals surface area contributed by atoms with Gasteiger partial charge in [-0.2, -0.15) is 9.78 Å². The summed E-state index contributed by atoms with van der Waals surface area (Å²) >= 11 is 0. The van der Waals surface area contributed by atoms with Crippen molar-refractivity contribution in [3.8, 4) is 5.75 Å². The van der Waals surface area contributed by atoms with Crippen LogP contribution in [0.25, 0.3) is 22.2 Å². The van der Waals surface area contributed by atoms with Crippen LogP contribution in [-0.2, 0) is 9.84 Å². The second kappa shape index (κ2) is 7.47. The summed E-state index contributed by atoms with van der Waals surface area (Å²) in [7, 11) is -4.00. The molecule has 0 radical (unpaired) electrons. The molecule has 0 spiro atoms. The Morgan fingerprint density at radius 1 is 0.906 bits per heavy atom. The number of hydrogen-bond acceptors (Lipinski definition) is 7. The monoisotopic (exact) mass is 443 g/mol. The molecule has 2 aromatic heterocycles. The first kappa shape index (κ1) is 19.7. The largest absolute Gasteiger partial charge is 0.508 e. The summed E-state index contributed by atoms with van der Waals surface area (Å²) in [6.07, 6.45) is 1.46. The Morgan fingerprint density at radius 2 is 1.59 bits per heavy atom. The average Bonchev–Trinajstić information content (AvgIpc) is 3.07. The number of phenolic OH excluding ortho intramolecular Hbond substituents is 1. The van der Waals surface area contributed by atoms with Crippen LogP contribution in [0.3, 0.4) is 0 Å². The van der Waals surface area contributed by atoms with E-state index in [1.807, 2.05) is 6.07 Å². The SMILES string of the molecule is Nc1c(S(=O)(=O)c2ccccc2)c2nc3ccccc3nc2n1/N=C\c1cccc(O)c1. The zero-order chi connectivity index (χ0) is 22.3. The van der Waals surface area contributed by atoms with Gasteiger partial charge in [-0.05, 0) is 42.0 Å². The maximum atomic E-state index is 13.5. The minimum Gasteiger partial charge on any atom is -0.508 e. The first-order chi connectivity index (χ1) is 15.4.